The molecule has 102 valence electrons. The van der Waals surface area contributed by atoms with E-state index in [4.69, 9.17) is 0 Å². The van der Waals surface area contributed by atoms with E-state index in [1.165, 1.54) is 32.1 Å². The molecule has 0 amide bonds. The second-order valence-corrected chi connectivity index (χ2v) is 5.93. The fourth-order valence-corrected chi connectivity index (χ4v) is 3.06. The van der Waals surface area contributed by atoms with Gasteiger partial charge in [0.25, 0.3) is 0 Å². The van der Waals surface area contributed by atoms with E-state index in [0.29, 0.717) is 6.04 Å². The van der Waals surface area contributed by atoms with Gasteiger partial charge in [-0.1, -0.05) is 27.2 Å². The molecule has 0 aromatic rings. The zero-order valence-electron chi connectivity index (χ0n) is 12.2. The lowest BCUT2D eigenvalue weighted by Crippen LogP contribution is -2.46. The largest absolute Gasteiger partial charge is 0.389 e. The van der Waals surface area contributed by atoms with Gasteiger partial charge in [0.15, 0.2) is 0 Å². The maximum absolute atomic E-state index is 10.4. The molecule has 0 aromatic heterocycles. The Balaban J connectivity index is 2.41. The van der Waals surface area contributed by atoms with Crippen molar-refractivity contribution < 1.29 is 5.11 Å². The number of hydrogen-bond donors (Lipinski definition) is 1. The van der Waals surface area contributed by atoms with Crippen molar-refractivity contribution in [2.45, 2.75) is 77.4 Å². The highest BCUT2D eigenvalue weighted by molar-refractivity contribution is 4.84. The molecule has 1 aliphatic carbocycles. The summed E-state index contributed by atoms with van der Waals surface area (Å²) in [5.41, 5.74) is -0.476. The zero-order chi connectivity index (χ0) is 12.9. The van der Waals surface area contributed by atoms with Gasteiger partial charge in [-0.25, -0.2) is 0 Å². The van der Waals surface area contributed by atoms with Crippen molar-refractivity contribution in [3.63, 3.8) is 0 Å². The molecule has 2 nitrogen and oxygen atoms in total. The van der Waals surface area contributed by atoms with Gasteiger partial charge in [0.05, 0.1) is 5.60 Å². The van der Waals surface area contributed by atoms with Crippen LogP contribution in [0.3, 0.4) is 0 Å². The van der Waals surface area contributed by atoms with Crippen LogP contribution in [0.1, 0.15) is 65.7 Å². The summed E-state index contributed by atoms with van der Waals surface area (Å²) in [4.78, 5) is 2.40. The Kier molecular flexibility index (Phi) is 5.94. The Morgan fingerprint density at radius 2 is 1.59 bits per heavy atom. The first-order valence-electron chi connectivity index (χ1n) is 7.47. The quantitative estimate of drug-likeness (QED) is 0.770. The Morgan fingerprint density at radius 3 is 2.00 bits per heavy atom. The molecule has 0 unspecified atom stereocenters. The number of hydrogen-bond acceptors (Lipinski definition) is 2. The van der Waals surface area contributed by atoms with Crippen LogP contribution in [-0.4, -0.2) is 35.2 Å². The highest BCUT2D eigenvalue weighted by Crippen LogP contribution is 2.30. The van der Waals surface area contributed by atoms with Crippen LogP contribution in [0.4, 0.5) is 0 Å². The standard InChI is InChI=1S/C15H31NO/c1-5-13-8-10-14(11-9-13)16(4)12-15(17,6-2)7-3/h13-14,17H,5-12H2,1-4H3. The molecular formula is C15H31NO. The normalized spacial score (nSPS) is 26.5. The van der Waals surface area contributed by atoms with Gasteiger partial charge in [-0.2, -0.15) is 0 Å². The lowest BCUT2D eigenvalue weighted by Gasteiger charge is -2.38. The van der Waals surface area contributed by atoms with E-state index in [1.807, 2.05) is 0 Å². The van der Waals surface area contributed by atoms with Gasteiger partial charge in [-0.3, -0.25) is 0 Å². The summed E-state index contributed by atoms with van der Waals surface area (Å²) < 4.78 is 0. The second kappa shape index (κ2) is 6.75. The van der Waals surface area contributed by atoms with Gasteiger partial charge in [0.2, 0.25) is 0 Å². The minimum absolute atomic E-state index is 0.476. The summed E-state index contributed by atoms with van der Waals surface area (Å²) in [6.07, 6.45) is 8.45. The zero-order valence-corrected chi connectivity index (χ0v) is 12.2. The molecule has 1 N–H and O–H groups in total. The van der Waals surface area contributed by atoms with Crippen molar-refractivity contribution in [3.8, 4) is 0 Å². The van der Waals surface area contributed by atoms with Crippen molar-refractivity contribution in [1.82, 2.24) is 4.90 Å². The van der Waals surface area contributed by atoms with E-state index in [-0.39, 0.29) is 0 Å². The molecule has 0 spiro atoms. The molecule has 0 aliphatic heterocycles. The van der Waals surface area contributed by atoms with Crippen molar-refractivity contribution >= 4 is 0 Å². The molecule has 0 aromatic carbocycles. The third-order valence-corrected chi connectivity index (χ3v) is 4.88. The van der Waals surface area contributed by atoms with Gasteiger partial charge in [-0.15, -0.1) is 0 Å². The third-order valence-electron chi connectivity index (χ3n) is 4.88. The van der Waals surface area contributed by atoms with Crippen LogP contribution in [0, 0.1) is 5.92 Å². The molecule has 1 rings (SSSR count). The van der Waals surface area contributed by atoms with E-state index in [0.717, 1.165) is 25.3 Å². The Bertz CT molecular complexity index is 205. The Labute approximate surface area is 107 Å². The van der Waals surface area contributed by atoms with E-state index in [1.54, 1.807) is 0 Å². The topological polar surface area (TPSA) is 23.5 Å². The molecule has 0 bridgehead atoms. The predicted molar refractivity (Wildman–Crippen MR) is 74.2 cm³/mol. The van der Waals surface area contributed by atoms with Crippen LogP contribution in [0.15, 0.2) is 0 Å². The summed E-state index contributed by atoms with van der Waals surface area (Å²) >= 11 is 0. The smallest absolute Gasteiger partial charge is 0.0768 e. The minimum Gasteiger partial charge on any atom is -0.389 e. The van der Waals surface area contributed by atoms with Crippen LogP contribution in [-0.2, 0) is 0 Å². The molecule has 1 saturated carbocycles. The average Bonchev–Trinajstić information content (AvgIpc) is 2.38. The van der Waals surface area contributed by atoms with Crippen molar-refractivity contribution in [3.05, 3.63) is 0 Å². The first-order chi connectivity index (χ1) is 8.04. The van der Waals surface area contributed by atoms with Gasteiger partial charge in [0.1, 0.15) is 0 Å². The molecule has 17 heavy (non-hydrogen) atoms. The molecule has 0 saturated heterocycles. The van der Waals surface area contributed by atoms with Crippen LogP contribution in [0.25, 0.3) is 0 Å². The maximum Gasteiger partial charge on any atom is 0.0768 e. The second-order valence-electron chi connectivity index (χ2n) is 5.93. The van der Waals surface area contributed by atoms with Crippen molar-refractivity contribution in [1.29, 1.82) is 0 Å². The highest BCUT2D eigenvalue weighted by Gasteiger charge is 2.29. The molecule has 0 atom stereocenters. The molecule has 0 radical (unpaired) electrons. The lowest BCUT2D eigenvalue weighted by molar-refractivity contribution is -0.0128. The predicted octanol–water partition coefficient (Wildman–Crippen LogP) is 3.44. The van der Waals surface area contributed by atoms with E-state index in [9.17, 15) is 5.11 Å². The van der Waals surface area contributed by atoms with Gasteiger partial charge in [-0.05, 0) is 51.5 Å². The number of aliphatic hydroxyl groups is 1. The first-order valence-corrected chi connectivity index (χ1v) is 7.47. The first kappa shape index (κ1) is 15.0. The van der Waals surface area contributed by atoms with Crippen LogP contribution in [0.5, 0.6) is 0 Å². The Morgan fingerprint density at radius 1 is 1.06 bits per heavy atom. The SMILES string of the molecule is CCC1CCC(N(C)CC(O)(CC)CC)CC1. The van der Waals surface area contributed by atoms with E-state index >= 15 is 0 Å². The molecule has 1 aliphatic rings. The summed E-state index contributed by atoms with van der Waals surface area (Å²) in [5.74, 6) is 0.955. The monoisotopic (exact) mass is 241 g/mol. The van der Waals surface area contributed by atoms with Crippen molar-refractivity contribution in [2.24, 2.45) is 5.92 Å². The minimum atomic E-state index is -0.476. The average molecular weight is 241 g/mol. The van der Waals surface area contributed by atoms with Crippen LogP contribution < -0.4 is 0 Å². The fraction of sp³-hybridized carbons (Fsp3) is 1.00. The van der Waals surface area contributed by atoms with E-state index < -0.39 is 5.60 Å². The summed E-state index contributed by atoms with van der Waals surface area (Å²) in [6, 6.07) is 0.697. The summed E-state index contributed by atoms with van der Waals surface area (Å²) in [7, 11) is 2.19. The lowest BCUT2D eigenvalue weighted by atomic mass is 9.83. The molecule has 1 fully saturated rings. The summed E-state index contributed by atoms with van der Waals surface area (Å²) in [5, 5.41) is 10.4. The fourth-order valence-electron chi connectivity index (χ4n) is 3.06. The number of nitrogens with zero attached hydrogens (tertiary/aromatic N) is 1. The van der Waals surface area contributed by atoms with Gasteiger partial charge < -0.3 is 10.0 Å². The van der Waals surface area contributed by atoms with Crippen LogP contribution >= 0.6 is 0 Å². The highest BCUT2D eigenvalue weighted by atomic mass is 16.3. The van der Waals surface area contributed by atoms with Gasteiger partial charge in [0, 0.05) is 12.6 Å². The van der Waals surface area contributed by atoms with Crippen molar-refractivity contribution in [2.75, 3.05) is 13.6 Å². The number of rotatable bonds is 6. The van der Waals surface area contributed by atoms with E-state index in [2.05, 4.69) is 32.7 Å². The van der Waals surface area contributed by atoms with Crippen LogP contribution in [0.2, 0.25) is 0 Å². The molecule has 2 heteroatoms. The third kappa shape index (κ3) is 4.26. The summed E-state index contributed by atoms with van der Waals surface area (Å²) in [6.45, 7) is 7.32. The number of likely N-dealkylation sites (N-methyl/N-ethyl adjacent to an activating group) is 1. The molecule has 0 heterocycles. The maximum atomic E-state index is 10.4. The van der Waals surface area contributed by atoms with Gasteiger partial charge >= 0.3 is 0 Å². The molecular weight excluding hydrogens is 210 g/mol. The Hall–Kier alpha value is -0.0800.